The number of carbonyl (C=O) groups excluding carboxylic acids is 3. The Morgan fingerprint density at radius 1 is 1.10 bits per heavy atom. The number of fused-ring (bicyclic) bond motifs is 1. The van der Waals surface area contributed by atoms with Crippen LogP contribution >= 0.6 is 0 Å². The number of aromatic nitrogens is 1. The predicted molar refractivity (Wildman–Crippen MR) is 115 cm³/mol. The number of para-hydroxylation sites is 1. The van der Waals surface area contributed by atoms with E-state index in [9.17, 15) is 14.4 Å². The predicted octanol–water partition coefficient (Wildman–Crippen LogP) is 3.87. The Balaban J connectivity index is 1.43. The summed E-state index contributed by atoms with van der Waals surface area (Å²) in [6.07, 6.45) is 0.0898. The maximum atomic E-state index is 12.7. The molecule has 0 radical (unpaired) electrons. The van der Waals surface area contributed by atoms with Gasteiger partial charge in [0.1, 0.15) is 0 Å². The van der Waals surface area contributed by atoms with Crippen LogP contribution in [0.5, 0.6) is 0 Å². The van der Waals surface area contributed by atoms with Gasteiger partial charge in [0.2, 0.25) is 11.7 Å². The normalized spacial score (nSPS) is 16.3. The van der Waals surface area contributed by atoms with Crippen LogP contribution in [0.25, 0.3) is 10.9 Å². The molecule has 2 aromatic carbocycles. The monoisotopic (exact) mass is 404 g/mol. The Labute approximate surface area is 174 Å². The Hall–Kier alpha value is -3.41. The molecule has 1 N–H and O–H groups in total. The summed E-state index contributed by atoms with van der Waals surface area (Å²) in [5.74, 6) is -1.45. The first-order valence-corrected chi connectivity index (χ1v) is 10.0. The van der Waals surface area contributed by atoms with Gasteiger partial charge in [-0.05, 0) is 44.0 Å². The lowest BCUT2D eigenvalue weighted by Gasteiger charge is -2.20. The molecule has 0 aliphatic carbocycles. The van der Waals surface area contributed by atoms with Crippen LogP contribution in [-0.2, 0) is 14.3 Å². The number of hydrogen-bond acceptors (Lipinski definition) is 4. The Bertz CT molecular complexity index is 1160. The number of nitrogens with zero attached hydrogens (tertiary/aromatic N) is 1. The SMILES string of the molecule is Cc1cccc(N2C[C@@H](C(=O)OCC(=O)c3c(C)[nH]c4ccccc34)CC2=O)c1C. The lowest BCUT2D eigenvalue weighted by atomic mass is 10.1. The van der Waals surface area contributed by atoms with Gasteiger partial charge in [-0.2, -0.15) is 0 Å². The third kappa shape index (κ3) is 3.49. The summed E-state index contributed by atoms with van der Waals surface area (Å²) in [4.78, 5) is 42.6. The smallest absolute Gasteiger partial charge is 0.311 e. The molecule has 0 unspecified atom stereocenters. The van der Waals surface area contributed by atoms with E-state index in [1.54, 1.807) is 4.90 Å². The molecule has 1 fully saturated rings. The quantitative estimate of drug-likeness (QED) is 0.517. The van der Waals surface area contributed by atoms with Gasteiger partial charge in [0.15, 0.2) is 6.61 Å². The number of aromatic amines is 1. The molecule has 1 atom stereocenters. The molecular formula is C24H24N2O4. The number of Topliss-reactive ketones (excluding diaryl/α,β-unsaturated/α-hetero) is 1. The minimum atomic E-state index is -0.575. The molecule has 154 valence electrons. The number of amides is 1. The summed E-state index contributed by atoms with van der Waals surface area (Å²) in [5, 5.41) is 0.813. The number of carbonyl (C=O) groups is 3. The maximum absolute atomic E-state index is 12.7. The Morgan fingerprint density at radius 3 is 2.67 bits per heavy atom. The van der Waals surface area contributed by atoms with Gasteiger partial charge in [0, 0.05) is 40.8 Å². The van der Waals surface area contributed by atoms with Crippen molar-refractivity contribution < 1.29 is 19.1 Å². The fourth-order valence-corrected chi connectivity index (χ4v) is 4.09. The first-order valence-electron chi connectivity index (χ1n) is 10.0. The van der Waals surface area contributed by atoms with Crippen LogP contribution < -0.4 is 4.90 Å². The molecule has 3 aromatic rings. The van der Waals surface area contributed by atoms with E-state index in [0.717, 1.165) is 33.4 Å². The number of ketones is 1. The van der Waals surface area contributed by atoms with Gasteiger partial charge in [0.25, 0.3) is 0 Å². The van der Waals surface area contributed by atoms with Gasteiger partial charge >= 0.3 is 5.97 Å². The Kier molecular flexibility index (Phi) is 5.16. The summed E-state index contributed by atoms with van der Waals surface area (Å²) in [6.45, 7) is 5.71. The maximum Gasteiger partial charge on any atom is 0.311 e. The molecule has 1 aliphatic heterocycles. The van der Waals surface area contributed by atoms with E-state index in [1.165, 1.54) is 0 Å². The number of benzene rings is 2. The molecule has 0 bridgehead atoms. The number of aryl methyl sites for hydroxylation is 2. The fourth-order valence-electron chi connectivity index (χ4n) is 4.09. The molecule has 6 nitrogen and oxygen atoms in total. The lowest BCUT2D eigenvalue weighted by molar-refractivity contribution is -0.147. The number of esters is 1. The second-order valence-corrected chi connectivity index (χ2v) is 7.83. The van der Waals surface area contributed by atoms with Crippen molar-refractivity contribution in [1.82, 2.24) is 4.98 Å². The van der Waals surface area contributed by atoms with Crippen LogP contribution in [-0.4, -0.2) is 35.8 Å². The second kappa shape index (κ2) is 7.78. The largest absolute Gasteiger partial charge is 0.457 e. The van der Waals surface area contributed by atoms with Gasteiger partial charge in [-0.25, -0.2) is 0 Å². The summed E-state index contributed by atoms with van der Waals surface area (Å²) in [5.41, 5.74) is 5.08. The minimum Gasteiger partial charge on any atom is -0.457 e. The van der Waals surface area contributed by atoms with E-state index in [-0.39, 0.29) is 31.3 Å². The Morgan fingerprint density at radius 2 is 1.87 bits per heavy atom. The molecule has 2 heterocycles. The zero-order chi connectivity index (χ0) is 21.4. The standard InChI is InChI=1S/C24H24N2O4/c1-14-7-6-10-20(15(14)2)26-12-17(11-22(26)28)24(29)30-13-21(27)23-16(3)25-19-9-5-4-8-18(19)23/h4-10,17,25H,11-13H2,1-3H3/t17-/m0/s1. The number of rotatable bonds is 5. The van der Waals surface area contributed by atoms with Crippen LogP contribution in [0.15, 0.2) is 42.5 Å². The highest BCUT2D eigenvalue weighted by molar-refractivity contribution is 6.10. The van der Waals surface area contributed by atoms with Crippen molar-refractivity contribution in [2.75, 3.05) is 18.1 Å². The van der Waals surface area contributed by atoms with Crippen molar-refractivity contribution in [3.05, 3.63) is 64.8 Å². The molecule has 0 saturated carbocycles. The van der Waals surface area contributed by atoms with Crippen molar-refractivity contribution in [3.63, 3.8) is 0 Å². The van der Waals surface area contributed by atoms with Crippen LogP contribution in [0, 0.1) is 26.7 Å². The summed E-state index contributed by atoms with van der Waals surface area (Å²) in [7, 11) is 0. The second-order valence-electron chi connectivity index (χ2n) is 7.83. The molecule has 0 spiro atoms. The zero-order valence-electron chi connectivity index (χ0n) is 17.3. The van der Waals surface area contributed by atoms with Gasteiger partial charge in [-0.3, -0.25) is 14.4 Å². The first kappa shape index (κ1) is 19.9. The molecule has 1 aromatic heterocycles. The zero-order valence-corrected chi connectivity index (χ0v) is 17.3. The van der Waals surface area contributed by atoms with Crippen molar-refractivity contribution in [2.45, 2.75) is 27.2 Å². The highest BCUT2D eigenvalue weighted by Crippen LogP contribution is 2.30. The van der Waals surface area contributed by atoms with E-state index in [1.807, 2.05) is 63.2 Å². The van der Waals surface area contributed by atoms with Crippen molar-refractivity contribution in [3.8, 4) is 0 Å². The molecule has 1 aliphatic rings. The van der Waals surface area contributed by atoms with E-state index < -0.39 is 11.9 Å². The van der Waals surface area contributed by atoms with E-state index in [2.05, 4.69) is 4.98 Å². The molecule has 6 heteroatoms. The number of anilines is 1. The van der Waals surface area contributed by atoms with Gasteiger partial charge < -0.3 is 14.6 Å². The molecule has 1 saturated heterocycles. The summed E-state index contributed by atoms with van der Waals surface area (Å²) < 4.78 is 5.32. The van der Waals surface area contributed by atoms with Crippen molar-refractivity contribution >= 4 is 34.3 Å². The number of hydrogen-bond donors (Lipinski definition) is 1. The topological polar surface area (TPSA) is 79.5 Å². The van der Waals surface area contributed by atoms with Crippen LogP contribution in [0.1, 0.15) is 33.6 Å². The first-order chi connectivity index (χ1) is 14.4. The van der Waals surface area contributed by atoms with Crippen LogP contribution in [0.2, 0.25) is 0 Å². The lowest BCUT2D eigenvalue weighted by Crippen LogP contribution is -2.28. The minimum absolute atomic E-state index is 0.0898. The molecule has 30 heavy (non-hydrogen) atoms. The van der Waals surface area contributed by atoms with Gasteiger partial charge in [0.05, 0.1) is 5.92 Å². The van der Waals surface area contributed by atoms with E-state index in [4.69, 9.17) is 4.74 Å². The third-order valence-electron chi connectivity index (χ3n) is 5.84. The third-order valence-corrected chi connectivity index (χ3v) is 5.84. The average molecular weight is 404 g/mol. The molecular weight excluding hydrogens is 380 g/mol. The number of nitrogens with one attached hydrogen (secondary N) is 1. The number of H-pyrrole nitrogens is 1. The van der Waals surface area contributed by atoms with Crippen LogP contribution in [0.4, 0.5) is 5.69 Å². The van der Waals surface area contributed by atoms with Crippen LogP contribution in [0.3, 0.4) is 0 Å². The fraction of sp³-hybridized carbons (Fsp3) is 0.292. The highest BCUT2D eigenvalue weighted by atomic mass is 16.5. The summed E-state index contributed by atoms with van der Waals surface area (Å²) in [6, 6.07) is 13.3. The number of ether oxygens (including phenoxy) is 1. The van der Waals surface area contributed by atoms with E-state index >= 15 is 0 Å². The van der Waals surface area contributed by atoms with Crippen molar-refractivity contribution in [1.29, 1.82) is 0 Å². The van der Waals surface area contributed by atoms with Gasteiger partial charge in [-0.1, -0.05) is 30.3 Å². The molecule has 4 rings (SSSR count). The molecule has 1 amide bonds. The van der Waals surface area contributed by atoms with Gasteiger partial charge in [-0.15, -0.1) is 0 Å². The summed E-state index contributed by atoms with van der Waals surface area (Å²) >= 11 is 0. The van der Waals surface area contributed by atoms with Crippen molar-refractivity contribution in [2.24, 2.45) is 5.92 Å². The average Bonchev–Trinajstić information content (AvgIpc) is 3.27. The highest BCUT2D eigenvalue weighted by Gasteiger charge is 2.37. The van der Waals surface area contributed by atoms with E-state index in [0.29, 0.717) is 5.56 Å².